The summed E-state index contributed by atoms with van der Waals surface area (Å²) >= 11 is 0. The molecule has 1 amide bonds. The van der Waals surface area contributed by atoms with Crippen LogP contribution >= 0.6 is 0 Å². The van der Waals surface area contributed by atoms with E-state index in [4.69, 9.17) is 5.11 Å². The summed E-state index contributed by atoms with van der Waals surface area (Å²) in [5.74, 6) is -1.31. The van der Waals surface area contributed by atoms with Gasteiger partial charge in [0.2, 0.25) is 0 Å². The molecule has 2 rings (SSSR count). The smallest absolute Gasteiger partial charge is 0.407 e. The normalized spacial score (nSPS) is 23.7. The third-order valence-corrected chi connectivity index (χ3v) is 3.38. The maximum Gasteiger partial charge on any atom is 0.407 e. The summed E-state index contributed by atoms with van der Waals surface area (Å²) in [5.41, 5.74) is 0.853. The first-order chi connectivity index (χ1) is 8.59. The van der Waals surface area contributed by atoms with E-state index in [1.807, 2.05) is 30.3 Å². The minimum atomic E-state index is -0.993. The van der Waals surface area contributed by atoms with Crippen LogP contribution in [0.1, 0.15) is 24.4 Å². The Hall–Kier alpha value is -2.04. The molecule has 0 radical (unpaired) electrons. The fraction of sp³-hybridized carbons (Fsp3) is 0.385. The van der Waals surface area contributed by atoms with Gasteiger partial charge in [-0.1, -0.05) is 30.3 Å². The van der Waals surface area contributed by atoms with Crippen molar-refractivity contribution in [3.63, 3.8) is 0 Å². The van der Waals surface area contributed by atoms with Crippen LogP contribution in [-0.4, -0.2) is 33.7 Å². The van der Waals surface area contributed by atoms with Gasteiger partial charge in [0.1, 0.15) is 0 Å². The van der Waals surface area contributed by atoms with Gasteiger partial charge in [0.25, 0.3) is 0 Å². The Morgan fingerprint density at radius 3 is 2.39 bits per heavy atom. The van der Waals surface area contributed by atoms with Gasteiger partial charge in [0.15, 0.2) is 0 Å². The monoisotopic (exact) mass is 249 g/mol. The Kier molecular flexibility index (Phi) is 3.50. The average molecular weight is 249 g/mol. The fourth-order valence-electron chi connectivity index (χ4n) is 2.41. The molecule has 0 saturated carbocycles. The topological polar surface area (TPSA) is 77.8 Å². The van der Waals surface area contributed by atoms with Gasteiger partial charge >= 0.3 is 12.1 Å². The lowest BCUT2D eigenvalue weighted by atomic mass is 9.87. The van der Waals surface area contributed by atoms with Crippen molar-refractivity contribution in [2.75, 3.05) is 6.54 Å². The van der Waals surface area contributed by atoms with Crippen LogP contribution in [0.15, 0.2) is 30.3 Å². The molecule has 1 saturated heterocycles. The predicted molar refractivity (Wildman–Crippen MR) is 64.3 cm³/mol. The van der Waals surface area contributed by atoms with Crippen LogP contribution < -0.4 is 0 Å². The molecule has 0 aromatic heterocycles. The molecule has 0 aliphatic carbocycles. The van der Waals surface area contributed by atoms with Crippen LogP contribution in [0.4, 0.5) is 4.79 Å². The van der Waals surface area contributed by atoms with E-state index in [-0.39, 0.29) is 12.6 Å². The number of carbonyl (C=O) groups is 2. The molecule has 2 atom stereocenters. The Bertz CT molecular complexity index is 446. The first-order valence-electron chi connectivity index (χ1n) is 5.87. The van der Waals surface area contributed by atoms with Crippen LogP contribution in [-0.2, 0) is 4.79 Å². The molecule has 0 spiro atoms. The Labute approximate surface area is 105 Å². The summed E-state index contributed by atoms with van der Waals surface area (Å²) < 4.78 is 0. The first kappa shape index (κ1) is 12.4. The van der Waals surface area contributed by atoms with Gasteiger partial charge in [0, 0.05) is 6.54 Å². The number of likely N-dealkylation sites (tertiary alicyclic amines) is 1. The van der Waals surface area contributed by atoms with Crippen molar-refractivity contribution in [1.82, 2.24) is 4.90 Å². The van der Waals surface area contributed by atoms with Crippen molar-refractivity contribution in [3.8, 4) is 0 Å². The van der Waals surface area contributed by atoms with E-state index in [2.05, 4.69) is 0 Å². The van der Waals surface area contributed by atoms with Crippen molar-refractivity contribution in [3.05, 3.63) is 35.9 Å². The standard InChI is InChI=1S/C13H15NO4/c15-12(16)10-6-7-14(13(17)18)11(8-10)9-4-2-1-3-5-9/h1-5,10-11H,6-8H2,(H,15,16)(H,17,18). The van der Waals surface area contributed by atoms with E-state index in [0.29, 0.717) is 12.8 Å². The molecule has 1 heterocycles. The number of carboxylic acids is 1. The van der Waals surface area contributed by atoms with Crippen molar-refractivity contribution >= 4 is 12.1 Å². The van der Waals surface area contributed by atoms with Crippen molar-refractivity contribution in [1.29, 1.82) is 0 Å². The van der Waals surface area contributed by atoms with E-state index >= 15 is 0 Å². The molecule has 1 aromatic rings. The van der Waals surface area contributed by atoms with Gasteiger partial charge in [-0.05, 0) is 18.4 Å². The quantitative estimate of drug-likeness (QED) is 0.842. The van der Waals surface area contributed by atoms with E-state index in [9.17, 15) is 14.7 Å². The first-order valence-corrected chi connectivity index (χ1v) is 5.87. The number of hydrogen-bond donors (Lipinski definition) is 2. The summed E-state index contributed by atoms with van der Waals surface area (Å²) in [6, 6.07) is 8.83. The molecule has 1 aliphatic rings. The highest BCUT2D eigenvalue weighted by Gasteiger charge is 2.35. The lowest BCUT2D eigenvalue weighted by Gasteiger charge is -2.36. The fourth-order valence-corrected chi connectivity index (χ4v) is 2.41. The minimum absolute atomic E-state index is 0.270. The van der Waals surface area contributed by atoms with Crippen LogP contribution in [0.3, 0.4) is 0 Å². The Balaban J connectivity index is 2.25. The molecular formula is C13H15NO4. The van der Waals surface area contributed by atoms with E-state index in [1.165, 1.54) is 4.90 Å². The zero-order valence-electron chi connectivity index (χ0n) is 9.82. The summed E-state index contributed by atoms with van der Waals surface area (Å²) in [7, 11) is 0. The second kappa shape index (κ2) is 5.08. The van der Waals surface area contributed by atoms with Gasteiger partial charge in [-0.15, -0.1) is 0 Å². The molecule has 2 N–H and O–H groups in total. The molecule has 2 unspecified atom stereocenters. The third-order valence-electron chi connectivity index (χ3n) is 3.38. The molecule has 96 valence electrons. The summed E-state index contributed by atoms with van der Waals surface area (Å²) in [4.78, 5) is 23.6. The number of nitrogens with zero attached hydrogens (tertiary/aromatic N) is 1. The zero-order chi connectivity index (χ0) is 13.1. The number of amides is 1. The molecule has 5 nitrogen and oxygen atoms in total. The van der Waals surface area contributed by atoms with E-state index < -0.39 is 18.0 Å². The lowest BCUT2D eigenvalue weighted by molar-refractivity contribution is -0.144. The van der Waals surface area contributed by atoms with E-state index in [0.717, 1.165) is 5.56 Å². The highest BCUT2D eigenvalue weighted by atomic mass is 16.4. The average Bonchev–Trinajstić information content (AvgIpc) is 2.39. The number of aliphatic carboxylic acids is 1. The number of benzene rings is 1. The molecule has 18 heavy (non-hydrogen) atoms. The van der Waals surface area contributed by atoms with Crippen molar-refractivity contribution < 1.29 is 19.8 Å². The van der Waals surface area contributed by atoms with Crippen molar-refractivity contribution in [2.45, 2.75) is 18.9 Å². The molecular weight excluding hydrogens is 234 g/mol. The molecule has 1 aromatic carbocycles. The second-order valence-electron chi connectivity index (χ2n) is 4.46. The van der Waals surface area contributed by atoms with E-state index in [1.54, 1.807) is 0 Å². The van der Waals surface area contributed by atoms with Gasteiger partial charge in [-0.2, -0.15) is 0 Å². The SMILES string of the molecule is O=C(O)C1CCN(C(=O)O)C(c2ccccc2)C1. The zero-order valence-corrected chi connectivity index (χ0v) is 9.82. The van der Waals surface area contributed by atoms with Gasteiger partial charge in [0.05, 0.1) is 12.0 Å². The highest BCUT2D eigenvalue weighted by Crippen LogP contribution is 2.34. The van der Waals surface area contributed by atoms with Crippen LogP contribution in [0.2, 0.25) is 0 Å². The minimum Gasteiger partial charge on any atom is -0.481 e. The summed E-state index contributed by atoms with van der Waals surface area (Å²) in [5, 5.41) is 18.2. The Morgan fingerprint density at radius 2 is 1.83 bits per heavy atom. The summed E-state index contributed by atoms with van der Waals surface area (Å²) in [6.07, 6.45) is -0.274. The third kappa shape index (κ3) is 2.45. The predicted octanol–water partition coefficient (Wildman–Crippen LogP) is 2.20. The number of carboxylic acid groups (broad SMARTS) is 2. The molecule has 0 bridgehead atoms. The largest absolute Gasteiger partial charge is 0.481 e. The number of hydrogen-bond acceptors (Lipinski definition) is 2. The second-order valence-corrected chi connectivity index (χ2v) is 4.46. The molecule has 5 heteroatoms. The number of rotatable bonds is 2. The van der Waals surface area contributed by atoms with Crippen LogP contribution in [0.25, 0.3) is 0 Å². The highest BCUT2D eigenvalue weighted by molar-refractivity contribution is 5.71. The maximum atomic E-state index is 11.2. The molecule has 1 aliphatic heterocycles. The maximum absolute atomic E-state index is 11.2. The summed E-state index contributed by atoms with van der Waals surface area (Å²) in [6.45, 7) is 0.270. The Morgan fingerprint density at radius 1 is 1.17 bits per heavy atom. The van der Waals surface area contributed by atoms with Crippen LogP contribution in [0.5, 0.6) is 0 Å². The van der Waals surface area contributed by atoms with Gasteiger partial charge < -0.3 is 15.1 Å². The molecule has 1 fully saturated rings. The van der Waals surface area contributed by atoms with Gasteiger partial charge in [-0.3, -0.25) is 4.79 Å². The lowest BCUT2D eigenvalue weighted by Crippen LogP contribution is -2.41. The number of piperidine rings is 1. The van der Waals surface area contributed by atoms with Crippen LogP contribution in [0, 0.1) is 5.92 Å². The van der Waals surface area contributed by atoms with Gasteiger partial charge in [-0.25, -0.2) is 4.79 Å². The van der Waals surface area contributed by atoms with Crippen molar-refractivity contribution in [2.24, 2.45) is 5.92 Å².